The number of piperidine rings is 1. The molecule has 2 fully saturated rings. The first-order chi connectivity index (χ1) is 8.84. The Morgan fingerprint density at radius 1 is 1.28 bits per heavy atom. The zero-order chi connectivity index (χ0) is 12.4. The van der Waals surface area contributed by atoms with Gasteiger partial charge in [0.1, 0.15) is 0 Å². The minimum Gasteiger partial charge on any atom is -0.338 e. The zero-order valence-electron chi connectivity index (χ0n) is 10.9. The Balaban J connectivity index is 1.71. The number of hydrogen-bond acceptors (Lipinski definition) is 5. The second kappa shape index (κ2) is 5.61. The third kappa shape index (κ3) is 2.57. The molecule has 0 bridgehead atoms. The molecule has 3 rings (SSSR count). The summed E-state index contributed by atoms with van der Waals surface area (Å²) in [5, 5.41) is 8.15. The standard InChI is InChI=1S/C13H21N3OS/c1-9-5-4-7-14-11(9)13-15-12(16-17-13)10-6-2-3-8-18-10/h9-11,14H,2-8H2,1H3. The molecular formula is C13H21N3OS. The van der Waals surface area contributed by atoms with E-state index in [9.17, 15) is 0 Å². The van der Waals surface area contributed by atoms with Crippen molar-refractivity contribution >= 4 is 11.8 Å². The van der Waals surface area contributed by atoms with Crippen molar-refractivity contribution in [1.29, 1.82) is 0 Å². The van der Waals surface area contributed by atoms with E-state index in [4.69, 9.17) is 4.52 Å². The van der Waals surface area contributed by atoms with E-state index < -0.39 is 0 Å². The highest BCUT2D eigenvalue weighted by Crippen LogP contribution is 2.37. The van der Waals surface area contributed by atoms with Crippen LogP contribution in [-0.4, -0.2) is 22.4 Å². The highest BCUT2D eigenvalue weighted by molar-refractivity contribution is 7.99. The van der Waals surface area contributed by atoms with Crippen molar-refractivity contribution in [1.82, 2.24) is 15.5 Å². The molecule has 2 aliphatic heterocycles. The van der Waals surface area contributed by atoms with Gasteiger partial charge in [-0.2, -0.15) is 16.7 Å². The lowest BCUT2D eigenvalue weighted by atomic mass is 9.93. The van der Waals surface area contributed by atoms with Crippen LogP contribution in [0.3, 0.4) is 0 Å². The summed E-state index contributed by atoms with van der Waals surface area (Å²) in [4.78, 5) is 4.65. The summed E-state index contributed by atoms with van der Waals surface area (Å²) in [7, 11) is 0. The molecule has 3 unspecified atom stereocenters. The molecular weight excluding hydrogens is 246 g/mol. The molecule has 3 heterocycles. The Labute approximate surface area is 112 Å². The molecule has 0 radical (unpaired) electrons. The van der Waals surface area contributed by atoms with Gasteiger partial charge >= 0.3 is 0 Å². The predicted octanol–water partition coefficient (Wildman–Crippen LogP) is 3.09. The van der Waals surface area contributed by atoms with Crippen LogP contribution in [0.5, 0.6) is 0 Å². The molecule has 5 heteroatoms. The van der Waals surface area contributed by atoms with Gasteiger partial charge in [-0.3, -0.25) is 0 Å². The molecule has 0 aromatic carbocycles. The number of aromatic nitrogens is 2. The molecule has 1 aromatic rings. The lowest BCUT2D eigenvalue weighted by Crippen LogP contribution is -2.33. The summed E-state index contributed by atoms with van der Waals surface area (Å²) in [5.41, 5.74) is 0. The summed E-state index contributed by atoms with van der Waals surface area (Å²) >= 11 is 1.97. The van der Waals surface area contributed by atoms with Crippen molar-refractivity contribution in [2.45, 2.75) is 50.3 Å². The summed E-state index contributed by atoms with van der Waals surface area (Å²) < 4.78 is 5.49. The van der Waals surface area contributed by atoms with Crippen molar-refractivity contribution in [3.8, 4) is 0 Å². The smallest absolute Gasteiger partial charge is 0.244 e. The minimum atomic E-state index is 0.258. The predicted molar refractivity (Wildman–Crippen MR) is 72.5 cm³/mol. The molecule has 4 nitrogen and oxygen atoms in total. The fourth-order valence-electron chi connectivity index (χ4n) is 2.83. The van der Waals surface area contributed by atoms with E-state index in [2.05, 4.69) is 22.4 Å². The van der Waals surface area contributed by atoms with Gasteiger partial charge in [-0.15, -0.1) is 0 Å². The van der Waals surface area contributed by atoms with Gasteiger partial charge in [-0.1, -0.05) is 18.5 Å². The van der Waals surface area contributed by atoms with Gasteiger partial charge in [-0.25, -0.2) is 0 Å². The van der Waals surface area contributed by atoms with Crippen molar-refractivity contribution in [2.24, 2.45) is 5.92 Å². The number of nitrogens with one attached hydrogen (secondary N) is 1. The molecule has 2 saturated heterocycles. The average Bonchev–Trinajstić information content (AvgIpc) is 2.90. The Hall–Kier alpha value is -0.550. The van der Waals surface area contributed by atoms with Crippen LogP contribution >= 0.6 is 11.8 Å². The Bertz CT molecular complexity index is 389. The molecule has 18 heavy (non-hydrogen) atoms. The lowest BCUT2D eigenvalue weighted by Gasteiger charge is -2.26. The third-order valence-corrected chi connectivity index (χ3v) is 5.33. The topological polar surface area (TPSA) is 51.0 Å². The highest BCUT2D eigenvalue weighted by Gasteiger charge is 2.29. The Kier molecular flexibility index (Phi) is 3.89. The van der Waals surface area contributed by atoms with Gasteiger partial charge < -0.3 is 9.84 Å². The Morgan fingerprint density at radius 2 is 2.22 bits per heavy atom. The van der Waals surface area contributed by atoms with Gasteiger partial charge in [0.05, 0.1) is 11.3 Å². The second-order valence-electron chi connectivity index (χ2n) is 5.40. The largest absolute Gasteiger partial charge is 0.338 e. The molecule has 1 N–H and O–H groups in total. The first kappa shape index (κ1) is 12.5. The normalized spacial score (nSPS) is 33.5. The van der Waals surface area contributed by atoms with Crippen LogP contribution in [0.1, 0.15) is 62.0 Å². The molecule has 1 aromatic heterocycles. The maximum Gasteiger partial charge on any atom is 0.244 e. The fraction of sp³-hybridized carbons (Fsp3) is 0.846. The van der Waals surface area contributed by atoms with Crippen LogP contribution in [0.15, 0.2) is 4.52 Å². The van der Waals surface area contributed by atoms with E-state index in [0.29, 0.717) is 11.2 Å². The SMILES string of the molecule is CC1CCCNC1c1nc(C2CCCCS2)no1. The first-order valence-corrected chi connectivity index (χ1v) is 8.08. The van der Waals surface area contributed by atoms with Crippen molar-refractivity contribution in [3.05, 3.63) is 11.7 Å². The van der Waals surface area contributed by atoms with Crippen LogP contribution in [0.25, 0.3) is 0 Å². The molecule has 0 amide bonds. The monoisotopic (exact) mass is 267 g/mol. The van der Waals surface area contributed by atoms with Gasteiger partial charge in [0.2, 0.25) is 5.89 Å². The highest BCUT2D eigenvalue weighted by atomic mass is 32.2. The van der Waals surface area contributed by atoms with Crippen molar-refractivity contribution in [3.63, 3.8) is 0 Å². The van der Waals surface area contributed by atoms with Crippen LogP contribution < -0.4 is 5.32 Å². The fourth-order valence-corrected chi connectivity index (χ4v) is 4.06. The second-order valence-corrected chi connectivity index (χ2v) is 6.71. The summed E-state index contributed by atoms with van der Waals surface area (Å²) in [5.74, 6) is 3.52. The van der Waals surface area contributed by atoms with Crippen molar-refractivity contribution in [2.75, 3.05) is 12.3 Å². The van der Waals surface area contributed by atoms with Gasteiger partial charge in [-0.05, 0) is 43.9 Å². The number of thioether (sulfide) groups is 1. The van der Waals surface area contributed by atoms with E-state index in [1.165, 1.54) is 37.9 Å². The number of nitrogens with zero attached hydrogens (tertiary/aromatic N) is 2. The van der Waals surface area contributed by atoms with Crippen LogP contribution in [0, 0.1) is 5.92 Å². The molecule has 100 valence electrons. The third-order valence-electron chi connectivity index (χ3n) is 3.96. The Morgan fingerprint density at radius 3 is 3.00 bits per heavy atom. The molecule has 3 atom stereocenters. The average molecular weight is 267 g/mol. The van der Waals surface area contributed by atoms with E-state index in [1.807, 2.05) is 11.8 Å². The number of rotatable bonds is 2. The maximum atomic E-state index is 5.49. The van der Waals surface area contributed by atoms with Crippen LogP contribution in [0.2, 0.25) is 0 Å². The quantitative estimate of drug-likeness (QED) is 0.892. The summed E-state index contributed by atoms with van der Waals surface area (Å²) in [6.07, 6.45) is 6.30. The zero-order valence-corrected chi connectivity index (χ0v) is 11.7. The van der Waals surface area contributed by atoms with Gasteiger partial charge in [0.25, 0.3) is 0 Å². The van der Waals surface area contributed by atoms with Crippen LogP contribution in [-0.2, 0) is 0 Å². The molecule has 0 saturated carbocycles. The maximum absolute atomic E-state index is 5.49. The van der Waals surface area contributed by atoms with Crippen molar-refractivity contribution < 1.29 is 4.52 Å². The minimum absolute atomic E-state index is 0.258. The van der Waals surface area contributed by atoms with E-state index in [-0.39, 0.29) is 6.04 Å². The molecule has 0 aliphatic carbocycles. The lowest BCUT2D eigenvalue weighted by molar-refractivity contribution is 0.239. The van der Waals surface area contributed by atoms with E-state index >= 15 is 0 Å². The molecule has 0 spiro atoms. The summed E-state index contributed by atoms with van der Waals surface area (Å²) in [6, 6.07) is 0.258. The number of hydrogen-bond donors (Lipinski definition) is 1. The summed E-state index contributed by atoms with van der Waals surface area (Å²) in [6.45, 7) is 3.32. The van der Waals surface area contributed by atoms with Gasteiger partial charge in [0.15, 0.2) is 5.82 Å². The van der Waals surface area contributed by atoms with Crippen LogP contribution in [0.4, 0.5) is 0 Å². The van der Waals surface area contributed by atoms with E-state index in [1.54, 1.807) is 0 Å². The molecule has 2 aliphatic rings. The van der Waals surface area contributed by atoms with Gasteiger partial charge in [0, 0.05) is 0 Å². The van der Waals surface area contributed by atoms with E-state index in [0.717, 1.165) is 18.3 Å². The first-order valence-electron chi connectivity index (χ1n) is 7.03.